The van der Waals surface area contributed by atoms with Gasteiger partial charge in [-0.1, -0.05) is 153 Å². The van der Waals surface area contributed by atoms with Crippen LogP contribution in [0.25, 0.3) is 21.7 Å². The summed E-state index contributed by atoms with van der Waals surface area (Å²) in [5.41, 5.74) is 27.7. The Balaban J connectivity index is 1.12. The highest BCUT2D eigenvalue weighted by atomic mass is 33.1. The summed E-state index contributed by atoms with van der Waals surface area (Å²) in [4.78, 5) is 260. The first-order chi connectivity index (χ1) is 66.9. The highest BCUT2D eigenvalue weighted by molar-refractivity contribution is 8.77. The van der Waals surface area contributed by atoms with E-state index in [2.05, 4.69) is 86.3 Å². The molecular formula is C98H140N20O21S2. The third kappa shape index (κ3) is 34.7. The van der Waals surface area contributed by atoms with E-state index in [-0.39, 0.29) is 77.2 Å². The number of aromatic amines is 1. The summed E-state index contributed by atoms with van der Waals surface area (Å²) < 4.78 is 8.83. The fourth-order valence-corrected chi connectivity index (χ4v) is 21.1. The molecule has 5 aromatic rings. The van der Waals surface area contributed by atoms with Crippen LogP contribution in [-0.4, -0.2) is 243 Å². The van der Waals surface area contributed by atoms with Gasteiger partial charge in [0.2, 0.25) is 106 Å². The van der Waals surface area contributed by atoms with Crippen LogP contribution in [0.5, 0.6) is 5.75 Å². The monoisotopic (exact) mass is 2000 g/mol. The van der Waals surface area contributed by atoms with Gasteiger partial charge in [-0.2, -0.15) is 0 Å². The average molecular weight is 2000 g/mol. The SMILES string of the molecule is CC(=O)NCCCCC(NC(=O)C1(NC(=O)C(Cc2ccc3ccccc3c2)NC(=O)C(Cc2ccc(OCCNC3CCCC(C4CCC[C@@H](C)CC4)CCC3)cc2)NC(=O)C2NC(=O)C(CCC(N)=O)NC(=O)C(Cc3c[nH]c4ccccc34)NC(=O)C(C(C)O)NC(=O)C(CC(N)=O)NC(=O)C(NC(C)=O)C(C)(C)SSC2(C)C)CCOCC1)C(=O)NC(CC(N)=O)C(=O)NC(CC(N)=O)C(N)=O. The molecule has 13 unspecified atom stereocenters. The molecule has 141 heavy (non-hydrogen) atoms. The Bertz CT molecular complexity index is 5260. The first-order valence-corrected chi connectivity index (χ1v) is 50.4. The van der Waals surface area contributed by atoms with Crippen LogP contribution < -0.4 is 108 Å². The molecule has 4 aromatic carbocycles. The van der Waals surface area contributed by atoms with Gasteiger partial charge in [0.15, 0.2) is 0 Å². The van der Waals surface area contributed by atoms with Crippen molar-refractivity contribution in [3.05, 3.63) is 114 Å². The highest BCUT2D eigenvalue weighted by Gasteiger charge is 2.49. The van der Waals surface area contributed by atoms with Crippen LogP contribution in [0.15, 0.2) is 97.2 Å². The number of carbonyl (C=O) groups excluding carboxylic acids is 18. The van der Waals surface area contributed by atoms with E-state index in [4.69, 9.17) is 38.1 Å². The summed E-state index contributed by atoms with van der Waals surface area (Å²) in [5.74, 6) is -16.0. The topological polar surface area (TPSA) is 660 Å². The number of H-pyrrole nitrogens is 1. The number of rotatable bonds is 41. The molecule has 2 saturated carbocycles. The number of primary amides is 5. The minimum absolute atomic E-state index is 0.106. The number of unbranched alkanes of at least 4 members (excludes halogenated alkanes) is 1. The molecule has 770 valence electrons. The van der Waals surface area contributed by atoms with Crippen molar-refractivity contribution < 1.29 is 101 Å². The number of aromatic nitrogens is 1. The smallest absolute Gasteiger partial charge is 0.246 e. The van der Waals surface area contributed by atoms with E-state index in [1.807, 2.05) is 18.2 Å². The standard InChI is InChI=1S/C98H140N20O21S2/c1-54-18-15-21-61(33-29-54)60-22-16-24-65(25-17-23-60)105-42-45-139-66-35-31-58(32-36-66)47-72(87(129)110-73(48-59-30-34-62-19-9-10-20-63(62)46-59)91(133)118-98(39-43-138-44-40-98)95(137)115-69(28-13-14-41-104-56(3)120)85(127)111-75(51-79(101)124)89(131)109-71(84(103)126)50-78(100)123)113-94(136)83-97(7,8)141-140-96(5,6)82(107-57(4)121)93(135)114-76(52-80(102)125)90(132)116-81(55(2)119)92(134)112-74(49-64-53-106-68-27-12-11-26-67(64)68)88(130)108-70(86(128)117-83)37-38-77(99)122/h9-12,19-20,26-27,30-32,34-36,46,53-55,60-61,65,69-76,81-83,105-106,119H,13-18,21-25,28-29,33,37-45,47-52H2,1-8H3,(H2,99,122)(H2,100,123)(H2,101,124)(H2,102,125)(H2,103,126)(H,104,120)(H,107,121)(H,108,130)(H,109,131)(H,110,129)(H,111,127)(H,112,134)(H,113,136)(H,114,135)(H,115,137)(H,116,132)(H,117,128)(H,118,133)/t54-,55?,60?,61?,65?,69?,70?,71?,72?,73?,74?,75?,76?,81?,82?,83?/m1/s1. The maximum absolute atomic E-state index is 16.5. The van der Waals surface area contributed by atoms with Crippen LogP contribution >= 0.6 is 21.6 Å². The van der Waals surface area contributed by atoms with Crippen LogP contribution in [0.4, 0.5) is 0 Å². The van der Waals surface area contributed by atoms with Gasteiger partial charge in [-0.3, -0.25) is 86.3 Å². The molecule has 4 aliphatic rings. The second-order valence-corrected chi connectivity index (χ2v) is 41.9. The van der Waals surface area contributed by atoms with E-state index in [0.717, 1.165) is 84.3 Å². The lowest BCUT2D eigenvalue weighted by Gasteiger charge is -2.39. The zero-order chi connectivity index (χ0) is 103. The summed E-state index contributed by atoms with van der Waals surface area (Å²) in [6.45, 7) is 12.5. The number of para-hydroxylation sites is 1. The van der Waals surface area contributed by atoms with Crippen LogP contribution in [0.3, 0.4) is 0 Å². The number of carbonyl (C=O) groups is 18. The van der Waals surface area contributed by atoms with Gasteiger partial charge >= 0.3 is 0 Å². The van der Waals surface area contributed by atoms with Gasteiger partial charge in [-0.05, 0) is 143 Å². The molecule has 26 N–H and O–H groups in total. The molecule has 3 heterocycles. The Morgan fingerprint density at radius 1 is 0.546 bits per heavy atom. The summed E-state index contributed by atoms with van der Waals surface area (Å²) in [6.07, 6.45) is 7.82. The number of amides is 18. The van der Waals surface area contributed by atoms with Gasteiger partial charge < -0.3 is 123 Å². The number of hydrogen-bond acceptors (Lipinski definition) is 24. The van der Waals surface area contributed by atoms with E-state index in [0.29, 0.717) is 51.3 Å². The third-order valence-electron chi connectivity index (χ3n) is 26.2. The number of nitrogens with two attached hydrogens (primary N) is 5. The second kappa shape index (κ2) is 53.4. The molecule has 9 rings (SSSR count). The summed E-state index contributed by atoms with van der Waals surface area (Å²) in [5, 5.41) is 51.2. The van der Waals surface area contributed by atoms with Crippen LogP contribution in [0, 0.1) is 17.8 Å². The summed E-state index contributed by atoms with van der Waals surface area (Å²) in [7, 11) is 1.76. The fraction of sp³-hybridized carbons (Fsp3) is 0.571. The lowest BCUT2D eigenvalue weighted by atomic mass is 9.77. The lowest BCUT2D eigenvalue weighted by Crippen LogP contribution is -2.67. The van der Waals surface area contributed by atoms with Gasteiger partial charge in [-0.15, -0.1) is 0 Å². The van der Waals surface area contributed by atoms with Crippen molar-refractivity contribution >= 4 is 150 Å². The van der Waals surface area contributed by atoms with E-state index in [1.165, 1.54) is 79.6 Å². The third-order valence-corrected chi connectivity index (χ3v) is 30.5. The number of ether oxygens (including phenoxy) is 2. The molecule has 0 bridgehead atoms. The number of aliphatic hydroxyl groups is 1. The number of benzene rings is 4. The molecular weight excluding hydrogens is 1860 g/mol. The number of aliphatic hydroxyl groups excluding tert-OH is 1. The zero-order valence-electron chi connectivity index (χ0n) is 81.3. The van der Waals surface area contributed by atoms with Gasteiger partial charge in [0.1, 0.15) is 84.4 Å². The lowest BCUT2D eigenvalue weighted by molar-refractivity contribution is -0.141. The van der Waals surface area contributed by atoms with Gasteiger partial charge in [-0.25, -0.2) is 0 Å². The maximum atomic E-state index is 16.5. The van der Waals surface area contributed by atoms with Crippen molar-refractivity contribution in [1.82, 2.24) is 79.4 Å². The predicted molar refractivity (Wildman–Crippen MR) is 528 cm³/mol. The molecule has 2 aliphatic carbocycles. The Morgan fingerprint density at radius 3 is 1.77 bits per heavy atom. The molecule has 14 atom stereocenters. The molecule has 0 spiro atoms. The summed E-state index contributed by atoms with van der Waals surface area (Å²) >= 11 is 0. The fourth-order valence-electron chi connectivity index (χ4n) is 18.3. The molecule has 2 aliphatic heterocycles. The van der Waals surface area contributed by atoms with Gasteiger partial charge in [0, 0.05) is 111 Å². The molecule has 0 radical (unpaired) electrons. The van der Waals surface area contributed by atoms with Crippen molar-refractivity contribution in [2.24, 2.45) is 46.4 Å². The Hall–Kier alpha value is -12.5. The second-order valence-electron chi connectivity index (χ2n) is 38.5. The van der Waals surface area contributed by atoms with Crippen LogP contribution in [0.2, 0.25) is 0 Å². The highest BCUT2D eigenvalue weighted by Crippen LogP contribution is 2.47. The number of fused-ring (bicyclic) bond motifs is 2. The normalized spacial score (nSPS) is 22.9. The predicted octanol–water partition coefficient (Wildman–Crippen LogP) is 0.907. The number of hydrogen-bond donors (Lipinski definition) is 21. The molecule has 41 nitrogen and oxygen atoms in total. The van der Waals surface area contributed by atoms with Crippen molar-refractivity contribution in [2.45, 2.75) is 303 Å². The summed E-state index contributed by atoms with van der Waals surface area (Å²) in [6, 6.07) is 6.73. The average Bonchev–Trinajstić information content (AvgIpc) is 1.32. The van der Waals surface area contributed by atoms with Crippen molar-refractivity contribution in [2.75, 3.05) is 32.9 Å². The van der Waals surface area contributed by atoms with E-state index >= 15 is 28.8 Å². The Labute approximate surface area is 827 Å². The van der Waals surface area contributed by atoms with Crippen LogP contribution in [0.1, 0.15) is 207 Å². The molecule has 43 heteroatoms. The van der Waals surface area contributed by atoms with Crippen molar-refractivity contribution in [3.8, 4) is 5.75 Å². The molecule has 1 aromatic heterocycles. The quantitative estimate of drug-likeness (QED) is 0.0147. The number of nitrogens with one attached hydrogen (secondary N) is 15. The maximum Gasteiger partial charge on any atom is 0.246 e. The van der Waals surface area contributed by atoms with Crippen molar-refractivity contribution in [3.63, 3.8) is 0 Å². The van der Waals surface area contributed by atoms with Crippen LogP contribution in [-0.2, 0) is 110 Å². The van der Waals surface area contributed by atoms with E-state index in [1.54, 1.807) is 79.0 Å². The van der Waals surface area contributed by atoms with E-state index < -0.39 is 227 Å². The Kier molecular flexibility index (Phi) is 42.5. The first kappa shape index (κ1) is 112. The molecule has 18 amide bonds. The minimum Gasteiger partial charge on any atom is -0.492 e. The van der Waals surface area contributed by atoms with E-state index in [9.17, 15) is 62.6 Å². The van der Waals surface area contributed by atoms with Crippen molar-refractivity contribution in [1.29, 1.82) is 0 Å². The largest absolute Gasteiger partial charge is 0.492 e. The van der Waals surface area contributed by atoms with Gasteiger partial charge in [0.25, 0.3) is 0 Å². The van der Waals surface area contributed by atoms with Gasteiger partial charge in [0.05, 0.1) is 25.4 Å². The first-order valence-electron chi connectivity index (χ1n) is 48.3. The Morgan fingerprint density at radius 2 is 1.12 bits per heavy atom. The zero-order valence-corrected chi connectivity index (χ0v) is 82.9. The molecule has 2 saturated heterocycles. The molecule has 4 fully saturated rings. The minimum atomic E-state index is -2.02.